The minimum absolute atomic E-state index is 0.607. The highest BCUT2D eigenvalue weighted by molar-refractivity contribution is 7.99. The van der Waals surface area contributed by atoms with Crippen LogP contribution in [0.4, 0.5) is 0 Å². The largest absolute Gasteiger partial charge is 0.330 e. The molecule has 6 nitrogen and oxygen atoms in total. The van der Waals surface area contributed by atoms with Crippen LogP contribution in [-0.2, 0) is 6.42 Å². The zero-order chi connectivity index (χ0) is 11.4. The van der Waals surface area contributed by atoms with Crippen molar-refractivity contribution in [2.24, 2.45) is 5.73 Å². The first-order chi connectivity index (χ1) is 7.78. The van der Waals surface area contributed by atoms with Crippen LogP contribution in [0, 0.1) is 6.92 Å². The zero-order valence-corrected chi connectivity index (χ0v) is 9.66. The lowest BCUT2D eigenvalue weighted by Crippen LogP contribution is -2.03. The van der Waals surface area contributed by atoms with E-state index < -0.39 is 0 Å². The maximum absolute atomic E-state index is 5.44. The van der Waals surface area contributed by atoms with Crippen molar-refractivity contribution in [3.05, 3.63) is 23.8 Å². The second-order valence-corrected chi connectivity index (χ2v) is 4.15. The lowest BCUT2D eigenvalue weighted by atomic mass is 10.2. The van der Waals surface area contributed by atoms with Crippen molar-refractivity contribution in [1.82, 2.24) is 25.1 Å². The molecule has 7 heteroatoms. The summed E-state index contributed by atoms with van der Waals surface area (Å²) in [5, 5.41) is 8.03. The number of rotatable bonds is 4. The molecular formula is C9H12N6S. The maximum Gasteiger partial charge on any atom is 0.216 e. The first kappa shape index (κ1) is 11.0. The zero-order valence-electron chi connectivity index (χ0n) is 8.84. The van der Waals surface area contributed by atoms with Gasteiger partial charge in [0.05, 0.1) is 0 Å². The Morgan fingerprint density at radius 2 is 2.06 bits per heavy atom. The maximum atomic E-state index is 5.44. The van der Waals surface area contributed by atoms with Gasteiger partial charge in [0, 0.05) is 12.4 Å². The topological polar surface area (TPSA) is 93.4 Å². The molecule has 2 heterocycles. The fourth-order valence-corrected chi connectivity index (χ4v) is 1.79. The molecule has 0 aliphatic carbocycles. The molecule has 0 unspecified atom stereocenters. The van der Waals surface area contributed by atoms with Crippen LogP contribution >= 0.6 is 11.8 Å². The highest BCUT2D eigenvalue weighted by Gasteiger charge is 2.05. The highest BCUT2D eigenvalue weighted by atomic mass is 32.2. The molecule has 0 radical (unpaired) electrons. The molecule has 0 aliphatic heterocycles. The third-order valence-corrected chi connectivity index (χ3v) is 2.63. The number of nitrogens with one attached hydrogen (secondary N) is 1. The average Bonchev–Trinajstić information content (AvgIpc) is 2.67. The van der Waals surface area contributed by atoms with Crippen LogP contribution in [-0.4, -0.2) is 31.7 Å². The second kappa shape index (κ2) is 5.04. The molecule has 0 aromatic carbocycles. The molecule has 16 heavy (non-hydrogen) atoms. The second-order valence-electron chi connectivity index (χ2n) is 3.22. The number of hydrogen-bond acceptors (Lipinski definition) is 6. The molecule has 0 amide bonds. The van der Waals surface area contributed by atoms with Gasteiger partial charge in [0.1, 0.15) is 5.82 Å². The van der Waals surface area contributed by atoms with Crippen molar-refractivity contribution in [3.63, 3.8) is 0 Å². The molecule has 3 N–H and O–H groups in total. The molecule has 84 valence electrons. The molecule has 0 saturated heterocycles. The number of hydrogen-bond donors (Lipinski definition) is 2. The summed E-state index contributed by atoms with van der Waals surface area (Å²) in [7, 11) is 0. The SMILES string of the molecule is Cc1nc(Sc2ncc(CCN)cn2)n[nH]1. The van der Waals surface area contributed by atoms with Gasteiger partial charge in [0.2, 0.25) is 5.16 Å². The van der Waals surface area contributed by atoms with E-state index in [9.17, 15) is 0 Å². The molecule has 0 atom stereocenters. The molecule has 2 rings (SSSR count). The summed E-state index contributed by atoms with van der Waals surface area (Å²) in [6, 6.07) is 0. The van der Waals surface area contributed by atoms with E-state index in [4.69, 9.17) is 5.73 Å². The van der Waals surface area contributed by atoms with Crippen LogP contribution in [0.5, 0.6) is 0 Å². The molecule has 0 saturated carbocycles. The van der Waals surface area contributed by atoms with Crippen LogP contribution in [0.25, 0.3) is 0 Å². The van der Waals surface area contributed by atoms with Crippen molar-refractivity contribution >= 4 is 11.8 Å². The molecule has 2 aromatic rings. The summed E-state index contributed by atoms with van der Waals surface area (Å²) in [6.45, 7) is 2.46. The van der Waals surface area contributed by atoms with Gasteiger partial charge in [-0.15, -0.1) is 5.10 Å². The van der Waals surface area contributed by atoms with Crippen LogP contribution < -0.4 is 5.73 Å². The van der Waals surface area contributed by atoms with E-state index in [2.05, 4.69) is 25.1 Å². The predicted molar refractivity (Wildman–Crippen MR) is 60.0 cm³/mol. The van der Waals surface area contributed by atoms with Gasteiger partial charge in [-0.25, -0.2) is 15.0 Å². The number of aryl methyl sites for hydroxylation is 1. The monoisotopic (exact) mass is 236 g/mol. The normalized spacial score (nSPS) is 10.6. The number of nitrogens with two attached hydrogens (primary N) is 1. The Morgan fingerprint density at radius 3 is 2.62 bits per heavy atom. The molecule has 0 spiro atoms. The van der Waals surface area contributed by atoms with Gasteiger partial charge < -0.3 is 5.73 Å². The van der Waals surface area contributed by atoms with E-state index in [0.717, 1.165) is 17.8 Å². The van der Waals surface area contributed by atoms with Crippen LogP contribution in [0.2, 0.25) is 0 Å². The van der Waals surface area contributed by atoms with Crippen LogP contribution in [0.1, 0.15) is 11.4 Å². The first-order valence-corrected chi connectivity index (χ1v) is 5.67. The summed E-state index contributed by atoms with van der Waals surface area (Å²) in [5.41, 5.74) is 6.48. The predicted octanol–water partition coefficient (Wildman–Crippen LogP) is 0.556. The van der Waals surface area contributed by atoms with E-state index >= 15 is 0 Å². The lowest BCUT2D eigenvalue weighted by molar-refractivity contribution is 0.883. The molecule has 2 aromatic heterocycles. The van der Waals surface area contributed by atoms with Gasteiger partial charge in [-0.05, 0) is 37.2 Å². The molecular weight excluding hydrogens is 224 g/mol. The minimum Gasteiger partial charge on any atom is -0.330 e. The lowest BCUT2D eigenvalue weighted by Gasteiger charge is -1.98. The highest BCUT2D eigenvalue weighted by Crippen LogP contribution is 2.19. The number of H-pyrrole nitrogens is 1. The van der Waals surface area contributed by atoms with Crippen molar-refractivity contribution < 1.29 is 0 Å². The van der Waals surface area contributed by atoms with Gasteiger partial charge in [-0.2, -0.15) is 0 Å². The standard InChI is InChI=1S/C9H12N6S/c1-6-13-9(15-14-6)16-8-11-4-7(2-3-10)5-12-8/h4-5H,2-3,10H2,1H3,(H,13,14,15). The number of aromatic nitrogens is 5. The Labute approximate surface area is 97.1 Å². The fourth-order valence-electron chi connectivity index (χ4n) is 1.14. The summed E-state index contributed by atoms with van der Waals surface area (Å²) < 4.78 is 0. The van der Waals surface area contributed by atoms with Crippen LogP contribution in [0.3, 0.4) is 0 Å². The Bertz CT molecular complexity index is 451. The minimum atomic E-state index is 0.607. The smallest absolute Gasteiger partial charge is 0.216 e. The summed E-state index contributed by atoms with van der Waals surface area (Å²) in [6.07, 6.45) is 4.36. The van der Waals surface area contributed by atoms with Gasteiger partial charge >= 0.3 is 0 Å². The number of aromatic amines is 1. The van der Waals surface area contributed by atoms with Crippen molar-refractivity contribution in [2.75, 3.05) is 6.54 Å². The van der Waals surface area contributed by atoms with Crippen LogP contribution in [0.15, 0.2) is 22.7 Å². The van der Waals surface area contributed by atoms with Crippen molar-refractivity contribution in [2.45, 2.75) is 23.7 Å². The quantitative estimate of drug-likeness (QED) is 0.753. The van der Waals surface area contributed by atoms with E-state index in [1.807, 2.05) is 6.92 Å². The molecule has 0 aliphatic rings. The average molecular weight is 236 g/mol. The first-order valence-electron chi connectivity index (χ1n) is 4.86. The van der Waals surface area contributed by atoms with E-state index in [-0.39, 0.29) is 0 Å². The summed E-state index contributed by atoms with van der Waals surface area (Å²) in [4.78, 5) is 12.6. The van der Waals surface area contributed by atoms with Gasteiger partial charge in [-0.3, -0.25) is 5.10 Å². The molecule has 0 bridgehead atoms. The fraction of sp³-hybridized carbons (Fsp3) is 0.333. The van der Waals surface area contributed by atoms with Crippen molar-refractivity contribution in [1.29, 1.82) is 0 Å². The Hall–Kier alpha value is -1.47. The van der Waals surface area contributed by atoms with E-state index in [0.29, 0.717) is 16.9 Å². The van der Waals surface area contributed by atoms with E-state index in [1.165, 1.54) is 11.8 Å². The Morgan fingerprint density at radius 1 is 1.31 bits per heavy atom. The van der Waals surface area contributed by atoms with Crippen molar-refractivity contribution in [3.8, 4) is 0 Å². The molecule has 0 fully saturated rings. The summed E-state index contributed by atoms with van der Waals surface area (Å²) in [5.74, 6) is 0.780. The third kappa shape index (κ3) is 2.77. The summed E-state index contributed by atoms with van der Waals surface area (Å²) >= 11 is 1.33. The Kier molecular flexibility index (Phi) is 3.47. The van der Waals surface area contributed by atoms with Gasteiger partial charge in [0.25, 0.3) is 0 Å². The van der Waals surface area contributed by atoms with Gasteiger partial charge in [-0.1, -0.05) is 0 Å². The van der Waals surface area contributed by atoms with Gasteiger partial charge in [0.15, 0.2) is 5.16 Å². The van der Waals surface area contributed by atoms with E-state index in [1.54, 1.807) is 12.4 Å². The third-order valence-electron chi connectivity index (χ3n) is 1.87. The number of nitrogens with zero attached hydrogens (tertiary/aromatic N) is 4. The Balaban J connectivity index is 2.05.